The molecule has 1 saturated heterocycles. The molecule has 2 aromatic heterocycles. The number of fused-ring (bicyclic) bond motifs is 1. The van der Waals surface area contributed by atoms with Crippen LogP contribution in [0.2, 0.25) is 0 Å². The lowest BCUT2D eigenvalue weighted by Crippen LogP contribution is -2.28. The van der Waals surface area contributed by atoms with E-state index in [2.05, 4.69) is 40.8 Å². The Balaban J connectivity index is 1.76. The van der Waals surface area contributed by atoms with Crippen LogP contribution >= 0.6 is 0 Å². The Hall–Kier alpha value is -2.86. The Kier molecular flexibility index (Phi) is 6.28. The number of methoxy groups -OCH3 is 1. The molecule has 1 aliphatic rings. The maximum absolute atomic E-state index is 6.03. The summed E-state index contributed by atoms with van der Waals surface area (Å²) in [4.78, 5) is 7.28. The zero-order chi connectivity index (χ0) is 22.0. The summed E-state index contributed by atoms with van der Waals surface area (Å²) in [6, 6.07) is 10.8. The van der Waals surface area contributed by atoms with E-state index >= 15 is 0 Å². The number of aromatic nitrogens is 3. The van der Waals surface area contributed by atoms with Gasteiger partial charge >= 0.3 is 0 Å². The largest absolute Gasteiger partial charge is 0.495 e. The monoisotopic (exact) mass is 420 g/mol. The Morgan fingerprint density at radius 2 is 1.84 bits per heavy atom. The standard InChI is InChI=1S/C25H32N4O2/c1-17(2)31-25-23-21(15-22(18(3)30-5)26-24(23)28(4)27-25)20-11-9-19(10-12-20)16-29-13-7-6-8-14-29/h9-12,15,17H,3,6-8,13-14,16H2,1-2,4-5H3. The molecule has 1 aliphatic heterocycles. The fourth-order valence-corrected chi connectivity index (χ4v) is 4.16. The number of benzene rings is 1. The average Bonchev–Trinajstić information content (AvgIpc) is 3.08. The summed E-state index contributed by atoms with van der Waals surface area (Å²) in [5.74, 6) is 1.12. The van der Waals surface area contributed by atoms with E-state index in [0.29, 0.717) is 17.3 Å². The summed E-state index contributed by atoms with van der Waals surface area (Å²) in [5.41, 5.74) is 4.90. The molecule has 0 bridgehead atoms. The van der Waals surface area contributed by atoms with Crippen LogP contribution in [0.4, 0.5) is 0 Å². The first kappa shape index (κ1) is 21.4. The maximum atomic E-state index is 6.03. The van der Waals surface area contributed by atoms with Crippen molar-refractivity contribution in [3.8, 4) is 17.0 Å². The molecule has 4 rings (SSSR count). The van der Waals surface area contributed by atoms with Crippen molar-refractivity contribution in [1.82, 2.24) is 19.7 Å². The molecule has 0 unspecified atom stereocenters. The summed E-state index contributed by atoms with van der Waals surface area (Å²) < 4.78 is 13.2. The smallest absolute Gasteiger partial charge is 0.243 e. The Bertz CT molecular complexity index is 1060. The third-order valence-electron chi connectivity index (χ3n) is 5.76. The molecule has 3 aromatic rings. The second-order valence-electron chi connectivity index (χ2n) is 8.51. The number of hydrogen-bond acceptors (Lipinski definition) is 5. The number of likely N-dealkylation sites (tertiary alicyclic amines) is 1. The van der Waals surface area contributed by atoms with Gasteiger partial charge in [-0.3, -0.25) is 4.90 Å². The maximum Gasteiger partial charge on any atom is 0.243 e. The van der Waals surface area contributed by atoms with Gasteiger partial charge in [0, 0.05) is 19.2 Å². The fraction of sp³-hybridized carbons (Fsp3) is 0.440. The number of piperidine rings is 1. The summed E-state index contributed by atoms with van der Waals surface area (Å²) in [6.45, 7) is 11.4. The Morgan fingerprint density at radius 1 is 1.13 bits per heavy atom. The van der Waals surface area contributed by atoms with Crippen LogP contribution < -0.4 is 4.74 Å². The van der Waals surface area contributed by atoms with Crippen LogP contribution in [-0.4, -0.2) is 46.0 Å². The molecule has 3 heterocycles. The van der Waals surface area contributed by atoms with E-state index in [1.807, 2.05) is 27.0 Å². The number of ether oxygens (including phenoxy) is 2. The van der Waals surface area contributed by atoms with Crippen LogP contribution in [0, 0.1) is 0 Å². The van der Waals surface area contributed by atoms with Crippen molar-refractivity contribution in [3.05, 3.63) is 48.2 Å². The summed E-state index contributed by atoms with van der Waals surface area (Å²) in [7, 11) is 3.49. The van der Waals surface area contributed by atoms with Crippen molar-refractivity contribution in [3.63, 3.8) is 0 Å². The van der Waals surface area contributed by atoms with Crippen molar-refractivity contribution >= 4 is 16.8 Å². The zero-order valence-corrected chi connectivity index (χ0v) is 19.0. The van der Waals surface area contributed by atoms with Gasteiger partial charge in [0.1, 0.15) is 11.5 Å². The minimum Gasteiger partial charge on any atom is -0.495 e. The molecule has 0 N–H and O–H groups in total. The highest BCUT2D eigenvalue weighted by Gasteiger charge is 2.20. The van der Waals surface area contributed by atoms with Crippen molar-refractivity contribution in [2.75, 3.05) is 20.2 Å². The van der Waals surface area contributed by atoms with Crippen molar-refractivity contribution in [1.29, 1.82) is 0 Å². The molecular weight excluding hydrogens is 388 g/mol. The predicted molar refractivity (Wildman–Crippen MR) is 125 cm³/mol. The van der Waals surface area contributed by atoms with Crippen LogP contribution in [0.15, 0.2) is 36.9 Å². The number of nitrogens with zero attached hydrogens (tertiary/aromatic N) is 4. The molecule has 164 valence electrons. The van der Waals surface area contributed by atoms with Gasteiger partial charge in [-0.2, -0.15) is 0 Å². The molecule has 0 amide bonds. The molecule has 6 heteroatoms. The zero-order valence-electron chi connectivity index (χ0n) is 19.0. The quantitative estimate of drug-likeness (QED) is 0.502. The molecule has 1 fully saturated rings. The highest BCUT2D eigenvalue weighted by Crippen LogP contribution is 2.36. The van der Waals surface area contributed by atoms with Gasteiger partial charge in [0.25, 0.3) is 0 Å². The van der Waals surface area contributed by atoms with Crippen molar-refractivity contribution in [2.45, 2.75) is 45.8 Å². The van der Waals surface area contributed by atoms with Crippen LogP contribution in [0.5, 0.6) is 5.88 Å². The molecule has 0 atom stereocenters. The molecule has 0 radical (unpaired) electrons. The fourth-order valence-electron chi connectivity index (χ4n) is 4.16. The lowest BCUT2D eigenvalue weighted by Gasteiger charge is -2.26. The molecule has 0 spiro atoms. The number of aryl methyl sites for hydroxylation is 1. The molecule has 31 heavy (non-hydrogen) atoms. The molecule has 0 saturated carbocycles. The van der Waals surface area contributed by atoms with E-state index in [4.69, 9.17) is 14.5 Å². The predicted octanol–water partition coefficient (Wildman–Crippen LogP) is 5.03. The van der Waals surface area contributed by atoms with E-state index in [-0.39, 0.29) is 6.10 Å². The molecule has 6 nitrogen and oxygen atoms in total. The van der Waals surface area contributed by atoms with Gasteiger partial charge in [-0.1, -0.05) is 37.3 Å². The Labute approximate surface area is 184 Å². The van der Waals surface area contributed by atoms with Crippen molar-refractivity contribution < 1.29 is 9.47 Å². The van der Waals surface area contributed by atoms with E-state index in [1.165, 1.54) is 37.9 Å². The number of rotatable bonds is 7. The van der Waals surface area contributed by atoms with Gasteiger partial charge in [-0.05, 0) is 57.0 Å². The van der Waals surface area contributed by atoms with Crippen LogP contribution in [0.1, 0.15) is 44.4 Å². The van der Waals surface area contributed by atoms with Gasteiger partial charge in [-0.15, -0.1) is 5.10 Å². The summed E-state index contributed by atoms with van der Waals surface area (Å²) >= 11 is 0. The van der Waals surface area contributed by atoms with Gasteiger partial charge in [-0.25, -0.2) is 9.67 Å². The van der Waals surface area contributed by atoms with Crippen LogP contribution in [-0.2, 0) is 18.3 Å². The van der Waals surface area contributed by atoms with Crippen LogP contribution in [0.3, 0.4) is 0 Å². The van der Waals surface area contributed by atoms with Crippen molar-refractivity contribution in [2.24, 2.45) is 7.05 Å². The first-order valence-corrected chi connectivity index (χ1v) is 11.1. The van der Waals surface area contributed by atoms with E-state index in [9.17, 15) is 0 Å². The summed E-state index contributed by atoms with van der Waals surface area (Å²) in [5, 5.41) is 5.50. The average molecular weight is 421 g/mol. The first-order chi connectivity index (χ1) is 15.0. The van der Waals surface area contributed by atoms with Gasteiger partial charge in [0.15, 0.2) is 5.65 Å². The van der Waals surface area contributed by atoms with Gasteiger partial charge < -0.3 is 9.47 Å². The normalized spacial score (nSPS) is 14.9. The third kappa shape index (κ3) is 4.59. The summed E-state index contributed by atoms with van der Waals surface area (Å²) in [6.07, 6.45) is 3.98. The molecule has 0 aliphatic carbocycles. The third-order valence-corrected chi connectivity index (χ3v) is 5.76. The highest BCUT2D eigenvalue weighted by atomic mass is 16.5. The van der Waals surface area contributed by atoms with E-state index in [1.54, 1.807) is 11.8 Å². The molecular formula is C25H32N4O2. The van der Waals surface area contributed by atoms with Gasteiger partial charge in [0.05, 0.1) is 18.6 Å². The van der Waals surface area contributed by atoms with E-state index < -0.39 is 0 Å². The number of hydrogen-bond donors (Lipinski definition) is 0. The second kappa shape index (κ2) is 9.10. The minimum absolute atomic E-state index is 0.0199. The first-order valence-electron chi connectivity index (χ1n) is 11.1. The SMILES string of the molecule is C=C(OC)c1cc(-c2ccc(CN3CCCCC3)cc2)c2c(OC(C)C)nn(C)c2n1. The topological polar surface area (TPSA) is 52.4 Å². The highest BCUT2D eigenvalue weighted by molar-refractivity contribution is 5.98. The Morgan fingerprint density at radius 3 is 2.48 bits per heavy atom. The lowest BCUT2D eigenvalue weighted by atomic mass is 10.00. The minimum atomic E-state index is 0.0199. The van der Waals surface area contributed by atoms with Crippen LogP contribution in [0.25, 0.3) is 27.9 Å². The second-order valence-corrected chi connectivity index (χ2v) is 8.51. The molecule has 1 aromatic carbocycles. The number of pyridine rings is 1. The van der Waals surface area contributed by atoms with E-state index in [0.717, 1.165) is 28.7 Å². The van der Waals surface area contributed by atoms with Gasteiger partial charge in [0.2, 0.25) is 5.88 Å². The lowest BCUT2D eigenvalue weighted by molar-refractivity contribution is 0.221.